The number of benzene rings is 1. The van der Waals surface area contributed by atoms with Crippen LogP contribution in [0.3, 0.4) is 0 Å². The molecule has 1 fully saturated rings. The molecule has 1 aromatic carbocycles. The quantitative estimate of drug-likeness (QED) is 0.882. The van der Waals surface area contributed by atoms with Crippen molar-refractivity contribution in [3.05, 3.63) is 35.1 Å². The van der Waals surface area contributed by atoms with Gasteiger partial charge in [-0.2, -0.15) is 23.5 Å². The lowest BCUT2D eigenvalue weighted by molar-refractivity contribution is 0.527. The summed E-state index contributed by atoms with van der Waals surface area (Å²) in [5, 5.41) is 4.24. The first-order valence-electron chi connectivity index (χ1n) is 6.91. The molecule has 2 atom stereocenters. The smallest absolute Gasteiger partial charge is 0.126 e. The molecule has 0 amide bonds. The number of aryl methyl sites for hydroxylation is 1. The Hall–Kier alpha value is -0.190. The lowest BCUT2D eigenvalue weighted by Crippen LogP contribution is -2.34. The summed E-state index contributed by atoms with van der Waals surface area (Å²) in [6, 6.07) is 5.89. The molecule has 2 rings (SSSR count). The van der Waals surface area contributed by atoms with E-state index < -0.39 is 0 Å². The molecule has 1 heterocycles. The van der Waals surface area contributed by atoms with E-state index in [-0.39, 0.29) is 5.82 Å². The van der Waals surface area contributed by atoms with E-state index in [1.165, 1.54) is 22.8 Å². The highest BCUT2D eigenvalue weighted by Gasteiger charge is 2.25. The van der Waals surface area contributed by atoms with E-state index in [1.807, 2.05) is 42.6 Å². The van der Waals surface area contributed by atoms with Crippen LogP contribution < -0.4 is 5.32 Å². The molecule has 1 N–H and O–H groups in total. The molecule has 1 aliphatic rings. The van der Waals surface area contributed by atoms with Crippen LogP contribution >= 0.6 is 23.5 Å². The van der Waals surface area contributed by atoms with Crippen molar-refractivity contribution < 1.29 is 4.39 Å². The van der Waals surface area contributed by atoms with Crippen LogP contribution in [0.2, 0.25) is 0 Å². The van der Waals surface area contributed by atoms with Gasteiger partial charge in [0.25, 0.3) is 0 Å². The number of nitrogens with one attached hydrogen (secondary N) is 1. The van der Waals surface area contributed by atoms with Crippen molar-refractivity contribution in [1.82, 2.24) is 5.32 Å². The molecule has 1 nitrogen and oxygen atoms in total. The molecule has 19 heavy (non-hydrogen) atoms. The molecular weight excluding hydrogens is 277 g/mol. The maximum absolute atomic E-state index is 13.4. The fraction of sp³-hybridized carbons (Fsp3) is 0.600. The Morgan fingerprint density at radius 3 is 2.89 bits per heavy atom. The molecule has 0 aromatic heterocycles. The third-order valence-corrected chi connectivity index (χ3v) is 6.23. The third-order valence-electron chi connectivity index (χ3n) is 3.37. The van der Waals surface area contributed by atoms with E-state index in [9.17, 15) is 4.39 Å². The maximum atomic E-state index is 13.4. The zero-order valence-electron chi connectivity index (χ0n) is 11.6. The Labute approximate surface area is 124 Å². The van der Waals surface area contributed by atoms with Gasteiger partial charge >= 0.3 is 0 Å². The number of halogens is 1. The predicted octanol–water partition coefficient (Wildman–Crippen LogP) is 4.02. The summed E-state index contributed by atoms with van der Waals surface area (Å²) in [4.78, 5) is 0. The molecule has 0 spiro atoms. The topological polar surface area (TPSA) is 12.0 Å². The molecule has 4 heteroatoms. The normalized spacial score (nSPS) is 21.3. The minimum atomic E-state index is -0.108. The van der Waals surface area contributed by atoms with Crippen molar-refractivity contribution in [2.24, 2.45) is 0 Å². The van der Waals surface area contributed by atoms with Gasteiger partial charge in [0.1, 0.15) is 5.82 Å². The van der Waals surface area contributed by atoms with Crippen LogP contribution in [-0.4, -0.2) is 29.1 Å². The standard InChI is InChI=1S/C15H22FNS2/c1-3-6-17-15(14-10-18-7-8-19-14)12-4-5-13(16)11(2)9-12/h4-5,9,14-15,17H,3,6-8,10H2,1-2H3. The zero-order chi connectivity index (χ0) is 13.7. The fourth-order valence-corrected chi connectivity index (χ4v) is 5.19. The van der Waals surface area contributed by atoms with E-state index >= 15 is 0 Å². The van der Waals surface area contributed by atoms with Crippen molar-refractivity contribution >= 4 is 23.5 Å². The summed E-state index contributed by atoms with van der Waals surface area (Å²) < 4.78 is 13.4. The van der Waals surface area contributed by atoms with Crippen LogP contribution in [0, 0.1) is 12.7 Å². The van der Waals surface area contributed by atoms with Crippen molar-refractivity contribution in [3.63, 3.8) is 0 Å². The van der Waals surface area contributed by atoms with E-state index in [4.69, 9.17) is 0 Å². The van der Waals surface area contributed by atoms with Gasteiger partial charge in [0.05, 0.1) is 0 Å². The summed E-state index contributed by atoms with van der Waals surface area (Å²) in [6.45, 7) is 5.05. The Balaban J connectivity index is 2.17. The summed E-state index contributed by atoms with van der Waals surface area (Å²) in [6.07, 6.45) is 1.13. The van der Waals surface area contributed by atoms with Gasteiger partial charge < -0.3 is 5.32 Å². The molecule has 106 valence electrons. The van der Waals surface area contributed by atoms with Gasteiger partial charge in [0.15, 0.2) is 0 Å². The Bertz CT molecular complexity index is 405. The van der Waals surface area contributed by atoms with E-state index in [1.54, 1.807) is 6.07 Å². The van der Waals surface area contributed by atoms with Gasteiger partial charge in [-0.15, -0.1) is 0 Å². The van der Waals surface area contributed by atoms with Gasteiger partial charge in [0.2, 0.25) is 0 Å². The fourth-order valence-electron chi connectivity index (χ4n) is 2.32. The highest BCUT2D eigenvalue weighted by Crippen LogP contribution is 2.34. The largest absolute Gasteiger partial charge is 0.309 e. The Morgan fingerprint density at radius 1 is 1.42 bits per heavy atom. The van der Waals surface area contributed by atoms with Gasteiger partial charge in [-0.25, -0.2) is 4.39 Å². The van der Waals surface area contributed by atoms with Crippen LogP contribution in [0.15, 0.2) is 18.2 Å². The number of thioether (sulfide) groups is 2. The Kier molecular flexibility index (Phi) is 6.05. The van der Waals surface area contributed by atoms with Crippen LogP contribution in [0.1, 0.15) is 30.5 Å². The first-order valence-corrected chi connectivity index (χ1v) is 9.11. The van der Waals surface area contributed by atoms with Crippen molar-refractivity contribution in [2.45, 2.75) is 31.6 Å². The predicted molar refractivity (Wildman–Crippen MR) is 85.7 cm³/mol. The number of hydrogen-bond acceptors (Lipinski definition) is 3. The minimum Gasteiger partial charge on any atom is -0.309 e. The van der Waals surface area contributed by atoms with Crippen molar-refractivity contribution in [3.8, 4) is 0 Å². The molecule has 0 radical (unpaired) electrons. The van der Waals surface area contributed by atoms with Crippen LogP contribution in [0.4, 0.5) is 4.39 Å². The van der Waals surface area contributed by atoms with Crippen LogP contribution in [0.25, 0.3) is 0 Å². The molecule has 1 saturated heterocycles. The Morgan fingerprint density at radius 2 is 2.26 bits per heavy atom. The lowest BCUT2D eigenvalue weighted by atomic mass is 10.0. The highest BCUT2D eigenvalue weighted by atomic mass is 32.2. The minimum absolute atomic E-state index is 0.108. The van der Waals surface area contributed by atoms with Gasteiger partial charge in [0, 0.05) is 28.6 Å². The summed E-state index contributed by atoms with van der Waals surface area (Å²) in [5.74, 6) is 3.55. The van der Waals surface area contributed by atoms with Crippen LogP contribution in [0.5, 0.6) is 0 Å². The lowest BCUT2D eigenvalue weighted by Gasteiger charge is -2.31. The first-order chi connectivity index (χ1) is 9.22. The third kappa shape index (κ3) is 4.14. The molecule has 1 aliphatic heterocycles. The second kappa shape index (κ2) is 7.55. The van der Waals surface area contributed by atoms with E-state index in [2.05, 4.69) is 12.2 Å². The second-order valence-corrected chi connectivity index (χ2v) is 7.42. The summed E-state index contributed by atoms with van der Waals surface area (Å²) in [5.41, 5.74) is 1.97. The van der Waals surface area contributed by atoms with E-state index in [0.717, 1.165) is 18.5 Å². The van der Waals surface area contributed by atoms with Gasteiger partial charge in [-0.05, 0) is 37.1 Å². The average Bonchev–Trinajstić information content (AvgIpc) is 2.44. The molecule has 0 saturated carbocycles. The summed E-state index contributed by atoms with van der Waals surface area (Å²) in [7, 11) is 0. The zero-order valence-corrected chi connectivity index (χ0v) is 13.2. The average molecular weight is 299 g/mol. The second-order valence-electron chi connectivity index (χ2n) is 4.92. The summed E-state index contributed by atoms with van der Waals surface area (Å²) >= 11 is 4.08. The number of hydrogen-bond donors (Lipinski definition) is 1. The number of rotatable bonds is 5. The molecule has 0 bridgehead atoms. The van der Waals surface area contributed by atoms with Gasteiger partial charge in [-0.3, -0.25) is 0 Å². The monoisotopic (exact) mass is 299 g/mol. The SMILES string of the molecule is CCCNC(c1ccc(F)c(C)c1)C1CSCCS1. The van der Waals surface area contributed by atoms with Crippen LogP contribution in [-0.2, 0) is 0 Å². The van der Waals surface area contributed by atoms with Gasteiger partial charge in [-0.1, -0.05) is 19.1 Å². The molecule has 2 unspecified atom stereocenters. The molecular formula is C15H22FNS2. The molecule has 1 aromatic rings. The van der Waals surface area contributed by atoms with E-state index in [0.29, 0.717) is 11.3 Å². The van der Waals surface area contributed by atoms with Crippen molar-refractivity contribution in [1.29, 1.82) is 0 Å². The van der Waals surface area contributed by atoms with Crippen molar-refractivity contribution in [2.75, 3.05) is 23.8 Å². The molecule has 0 aliphatic carbocycles. The first kappa shape index (κ1) is 15.2. The highest BCUT2D eigenvalue weighted by molar-refractivity contribution is 8.06. The maximum Gasteiger partial charge on any atom is 0.126 e.